The Morgan fingerprint density at radius 2 is 1.94 bits per heavy atom. The molecule has 10 heteroatoms. The number of para-hydroxylation sites is 1. The van der Waals surface area contributed by atoms with Crippen LogP contribution in [0.2, 0.25) is 0 Å². The molecule has 34 heavy (non-hydrogen) atoms. The van der Waals surface area contributed by atoms with E-state index in [0.717, 1.165) is 6.42 Å². The fourth-order valence-corrected chi connectivity index (χ4v) is 4.14. The van der Waals surface area contributed by atoms with Crippen molar-refractivity contribution in [3.63, 3.8) is 0 Å². The Labute approximate surface area is 196 Å². The summed E-state index contributed by atoms with van der Waals surface area (Å²) in [5, 5.41) is 18.0. The van der Waals surface area contributed by atoms with E-state index in [1.165, 1.54) is 18.2 Å². The molecule has 184 valence electrons. The molecule has 1 aliphatic heterocycles. The lowest BCUT2D eigenvalue weighted by Crippen LogP contribution is -2.53. The van der Waals surface area contributed by atoms with Crippen LogP contribution in [0.4, 0.5) is 4.39 Å². The first-order valence-electron chi connectivity index (χ1n) is 11.3. The Bertz CT molecular complexity index is 1090. The number of hydrogen-bond donors (Lipinski definition) is 5. The first kappa shape index (κ1) is 25.2. The standard InChI is InChI=1S/C24H31FN4O5/c1-24(2,3)12-18(29-21(31)16-10-13-6-4-8-15(25)19(13)27-16)22(32)28-17(23(33)34)11-14-7-5-9-26-20(14)30/h4,6,8,10,14,17-18,27H,5,7,9,11-12H2,1-3H3,(H,26,30)(H,28,32)(H,29,31)(H,33,34)/t14-,17?,18?/m0/s1. The molecule has 0 saturated carbocycles. The van der Waals surface area contributed by atoms with Crippen LogP contribution in [-0.2, 0) is 14.4 Å². The zero-order valence-corrected chi connectivity index (χ0v) is 19.5. The minimum atomic E-state index is -1.28. The highest BCUT2D eigenvalue weighted by Gasteiger charge is 2.33. The van der Waals surface area contributed by atoms with E-state index in [1.807, 2.05) is 20.8 Å². The van der Waals surface area contributed by atoms with E-state index < -0.39 is 41.6 Å². The number of aliphatic carboxylic acids is 1. The maximum Gasteiger partial charge on any atom is 0.326 e. The molecule has 0 radical (unpaired) electrons. The summed E-state index contributed by atoms with van der Waals surface area (Å²) < 4.78 is 14.0. The molecule has 1 fully saturated rings. The van der Waals surface area contributed by atoms with Gasteiger partial charge in [0.2, 0.25) is 11.8 Å². The van der Waals surface area contributed by atoms with Gasteiger partial charge >= 0.3 is 5.97 Å². The number of benzene rings is 1. The fourth-order valence-electron chi connectivity index (χ4n) is 4.14. The van der Waals surface area contributed by atoms with Crippen molar-refractivity contribution in [2.75, 3.05) is 6.54 Å². The Morgan fingerprint density at radius 3 is 2.56 bits per heavy atom. The van der Waals surface area contributed by atoms with Crippen LogP contribution in [0.5, 0.6) is 0 Å². The van der Waals surface area contributed by atoms with Gasteiger partial charge in [0.1, 0.15) is 23.6 Å². The number of fused-ring (bicyclic) bond motifs is 1. The SMILES string of the molecule is CC(C)(C)CC(NC(=O)c1cc2cccc(F)c2[nH]1)C(=O)NC(C[C@@H]1CCCNC1=O)C(=O)O. The maximum atomic E-state index is 14.0. The minimum absolute atomic E-state index is 0.0373. The Hall–Kier alpha value is -3.43. The number of H-pyrrole nitrogens is 1. The summed E-state index contributed by atoms with van der Waals surface area (Å²) in [6.07, 6.45) is 1.48. The third kappa shape index (κ3) is 6.33. The molecule has 1 aromatic carbocycles. The number of piperidine rings is 1. The third-order valence-corrected chi connectivity index (χ3v) is 5.82. The van der Waals surface area contributed by atoms with E-state index >= 15 is 0 Å². The molecule has 1 aliphatic rings. The normalized spacial score (nSPS) is 18.1. The third-order valence-electron chi connectivity index (χ3n) is 5.82. The summed E-state index contributed by atoms with van der Waals surface area (Å²) in [6, 6.07) is 3.64. The largest absolute Gasteiger partial charge is 0.480 e. The van der Waals surface area contributed by atoms with Gasteiger partial charge in [0.25, 0.3) is 5.91 Å². The lowest BCUT2D eigenvalue weighted by Gasteiger charge is -2.29. The summed E-state index contributed by atoms with van der Waals surface area (Å²) in [4.78, 5) is 52.6. The molecule has 1 aromatic heterocycles. The maximum absolute atomic E-state index is 14.0. The molecule has 0 bridgehead atoms. The van der Waals surface area contributed by atoms with Crippen LogP contribution >= 0.6 is 0 Å². The van der Waals surface area contributed by atoms with Crippen LogP contribution < -0.4 is 16.0 Å². The van der Waals surface area contributed by atoms with Crippen molar-refractivity contribution in [3.05, 3.63) is 35.8 Å². The van der Waals surface area contributed by atoms with Crippen LogP contribution in [0.3, 0.4) is 0 Å². The topological polar surface area (TPSA) is 140 Å². The van der Waals surface area contributed by atoms with Crippen molar-refractivity contribution < 1.29 is 28.7 Å². The molecule has 3 atom stereocenters. The molecule has 2 heterocycles. The number of aromatic nitrogens is 1. The lowest BCUT2D eigenvalue weighted by atomic mass is 9.87. The highest BCUT2D eigenvalue weighted by Crippen LogP contribution is 2.23. The number of rotatable bonds is 8. The molecule has 0 aliphatic carbocycles. The molecule has 5 N–H and O–H groups in total. The van der Waals surface area contributed by atoms with Crippen LogP contribution in [0.1, 0.15) is 56.9 Å². The number of halogens is 1. The summed E-state index contributed by atoms with van der Waals surface area (Å²) in [5.74, 6) is -3.76. The van der Waals surface area contributed by atoms with Gasteiger partial charge in [0.05, 0.1) is 5.52 Å². The van der Waals surface area contributed by atoms with Gasteiger partial charge in [-0.1, -0.05) is 32.9 Å². The average Bonchev–Trinajstić information content (AvgIpc) is 3.19. The van der Waals surface area contributed by atoms with Crippen LogP contribution in [0.25, 0.3) is 10.9 Å². The Balaban J connectivity index is 1.76. The van der Waals surface area contributed by atoms with E-state index in [4.69, 9.17) is 0 Å². The van der Waals surface area contributed by atoms with Crippen molar-refractivity contribution >= 4 is 34.6 Å². The minimum Gasteiger partial charge on any atom is -0.480 e. The Kier molecular flexibility index (Phi) is 7.58. The van der Waals surface area contributed by atoms with E-state index in [9.17, 15) is 28.7 Å². The highest BCUT2D eigenvalue weighted by atomic mass is 19.1. The molecule has 0 spiro atoms. The predicted molar refractivity (Wildman–Crippen MR) is 124 cm³/mol. The number of carboxylic acid groups (broad SMARTS) is 1. The summed E-state index contributed by atoms with van der Waals surface area (Å²) in [7, 11) is 0. The quantitative estimate of drug-likeness (QED) is 0.399. The van der Waals surface area contributed by atoms with Gasteiger partial charge in [0, 0.05) is 17.8 Å². The van der Waals surface area contributed by atoms with Gasteiger partial charge in [-0.25, -0.2) is 9.18 Å². The second kappa shape index (κ2) is 10.2. The summed E-state index contributed by atoms with van der Waals surface area (Å²) in [6.45, 7) is 6.22. The number of hydrogen-bond acceptors (Lipinski definition) is 4. The average molecular weight is 475 g/mol. The van der Waals surface area contributed by atoms with E-state index in [0.29, 0.717) is 18.4 Å². The van der Waals surface area contributed by atoms with Gasteiger partial charge in [-0.2, -0.15) is 0 Å². The van der Waals surface area contributed by atoms with Gasteiger partial charge in [-0.3, -0.25) is 14.4 Å². The van der Waals surface area contributed by atoms with E-state index in [2.05, 4.69) is 20.9 Å². The van der Waals surface area contributed by atoms with E-state index in [1.54, 1.807) is 6.07 Å². The monoisotopic (exact) mass is 474 g/mol. The molecular formula is C24H31FN4O5. The Morgan fingerprint density at radius 1 is 1.21 bits per heavy atom. The first-order valence-corrected chi connectivity index (χ1v) is 11.3. The van der Waals surface area contributed by atoms with Crippen LogP contribution in [0, 0.1) is 17.2 Å². The van der Waals surface area contributed by atoms with Gasteiger partial charge < -0.3 is 26.0 Å². The fraction of sp³-hybridized carbons (Fsp3) is 0.500. The van der Waals surface area contributed by atoms with E-state index in [-0.39, 0.29) is 35.4 Å². The van der Waals surface area contributed by atoms with Crippen LogP contribution in [-0.4, -0.2) is 52.4 Å². The first-order chi connectivity index (χ1) is 15.9. The molecule has 9 nitrogen and oxygen atoms in total. The number of carbonyl (C=O) groups is 4. The lowest BCUT2D eigenvalue weighted by molar-refractivity contribution is -0.143. The number of nitrogens with one attached hydrogen (secondary N) is 4. The molecule has 2 aromatic rings. The van der Waals surface area contributed by atoms with Crippen LogP contribution in [0.15, 0.2) is 24.3 Å². The molecular weight excluding hydrogens is 443 g/mol. The summed E-state index contributed by atoms with van der Waals surface area (Å²) in [5.41, 5.74) is -0.106. The number of carboxylic acids is 1. The number of amides is 3. The number of carbonyl (C=O) groups excluding carboxylic acids is 3. The smallest absolute Gasteiger partial charge is 0.326 e. The van der Waals surface area contributed by atoms with Crippen molar-refractivity contribution in [1.29, 1.82) is 0 Å². The second-order valence-corrected chi connectivity index (χ2v) is 9.94. The molecule has 1 saturated heterocycles. The molecule has 3 rings (SSSR count). The summed E-state index contributed by atoms with van der Waals surface area (Å²) >= 11 is 0. The van der Waals surface area contributed by atoms with Crippen molar-refractivity contribution in [2.24, 2.45) is 11.3 Å². The van der Waals surface area contributed by atoms with Gasteiger partial charge in [-0.15, -0.1) is 0 Å². The number of aromatic amines is 1. The van der Waals surface area contributed by atoms with Gasteiger partial charge in [-0.05, 0) is 43.2 Å². The predicted octanol–water partition coefficient (Wildman–Crippen LogP) is 2.33. The molecule has 2 unspecified atom stereocenters. The second-order valence-electron chi connectivity index (χ2n) is 9.94. The highest BCUT2D eigenvalue weighted by molar-refractivity contribution is 6.00. The molecule has 3 amide bonds. The van der Waals surface area contributed by atoms with Crippen molar-refractivity contribution in [2.45, 2.75) is 58.5 Å². The zero-order chi connectivity index (χ0) is 25.0. The van der Waals surface area contributed by atoms with Crippen molar-refractivity contribution in [3.8, 4) is 0 Å². The van der Waals surface area contributed by atoms with Gasteiger partial charge in [0.15, 0.2) is 0 Å². The zero-order valence-electron chi connectivity index (χ0n) is 19.5. The van der Waals surface area contributed by atoms with Crippen molar-refractivity contribution in [1.82, 2.24) is 20.9 Å².